The molecule has 2 rings (SSSR count). The number of anilines is 1. The van der Waals surface area contributed by atoms with Crippen LogP contribution in [0.1, 0.15) is 37.0 Å². The number of aryl methyl sites for hydroxylation is 3. The number of carbonyl (C=O) groups is 1. The van der Waals surface area contributed by atoms with Crippen molar-refractivity contribution in [2.75, 3.05) is 25.1 Å². The molecule has 0 bridgehead atoms. The first-order valence-electron chi connectivity index (χ1n) is 10.4. The first kappa shape index (κ1) is 23.7. The van der Waals surface area contributed by atoms with Gasteiger partial charge in [0, 0.05) is 18.3 Å². The number of nitrogens with one attached hydrogen (secondary N) is 2. The fourth-order valence-electron chi connectivity index (χ4n) is 3.02. The number of hydrogen-bond donors (Lipinski definition) is 3. The van der Waals surface area contributed by atoms with Crippen LogP contribution in [-0.4, -0.2) is 42.9 Å². The van der Waals surface area contributed by atoms with E-state index in [1.807, 2.05) is 57.2 Å². The molecular formula is C24H34N2O4. The van der Waals surface area contributed by atoms with Gasteiger partial charge >= 0.3 is 0 Å². The quantitative estimate of drug-likeness (QED) is 0.522. The summed E-state index contributed by atoms with van der Waals surface area (Å²) in [5, 5.41) is 16.2. The van der Waals surface area contributed by atoms with Crippen LogP contribution in [-0.2, 0) is 4.79 Å². The van der Waals surface area contributed by atoms with Crippen LogP contribution in [0.25, 0.3) is 0 Å². The van der Waals surface area contributed by atoms with E-state index in [9.17, 15) is 9.90 Å². The maximum absolute atomic E-state index is 12.2. The van der Waals surface area contributed by atoms with Crippen molar-refractivity contribution in [3.63, 3.8) is 0 Å². The van der Waals surface area contributed by atoms with Gasteiger partial charge in [0.05, 0.1) is 0 Å². The van der Waals surface area contributed by atoms with Crippen molar-refractivity contribution in [2.24, 2.45) is 0 Å². The van der Waals surface area contributed by atoms with Crippen molar-refractivity contribution in [2.45, 2.75) is 53.2 Å². The molecule has 2 aromatic rings. The van der Waals surface area contributed by atoms with Crippen LogP contribution in [0.5, 0.6) is 11.5 Å². The Morgan fingerprint density at radius 2 is 1.80 bits per heavy atom. The molecule has 0 spiro atoms. The second kappa shape index (κ2) is 11.6. The SMILES string of the molecule is CCC(C)NCC(O)COc1c(C)cc(NC(=O)COc2cccc(C)c2)cc1C. The molecule has 0 aliphatic carbocycles. The molecule has 6 heteroatoms. The average Bonchev–Trinajstić information content (AvgIpc) is 2.70. The number of amides is 1. The van der Waals surface area contributed by atoms with Crippen molar-refractivity contribution < 1.29 is 19.4 Å². The summed E-state index contributed by atoms with van der Waals surface area (Å²) >= 11 is 0. The highest BCUT2D eigenvalue weighted by Crippen LogP contribution is 2.27. The van der Waals surface area contributed by atoms with Crippen molar-refractivity contribution >= 4 is 11.6 Å². The van der Waals surface area contributed by atoms with Gasteiger partial charge in [-0.1, -0.05) is 19.1 Å². The molecule has 0 radical (unpaired) electrons. The molecule has 0 heterocycles. The Hall–Kier alpha value is -2.57. The second-order valence-corrected chi connectivity index (χ2v) is 7.77. The van der Waals surface area contributed by atoms with Crippen LogP contribution >= 0.6 is 0 Å². The van der Waals surface area contributed by atoms with Gasteiger partial charge in [-0.3, -0.25) is 4.79 Å². The number of carbonyl (C=O) groups excluding carboxylic acids is 1. The number of aliphatic hydroxyl groups is 1. The van der Waals surface area contributed by atoms with Crippen molar-refractivity contribution in [1.29, 1.82) is 0 Å². The molecule has 30 heavy (non-hydrogen) atoms. The average molecular weight is 415 g/mol. The molecule has 0 aliphatic rings. The first-order chi connectivity index (χ1) is 14.3. The van der Waals surface area contributed by atoms with Crippen molar-refractivity contribution in [1.82, 2.24) is 5.32 Å². The van der Waals surface area contributed by atoms with E-state index in [0.29, 0.717) is 24.0 Å². The Kier molecular flexibility index (Phi) is 9.15. The first-order valence-corrected chi connectivity index (χ1v) is 10.4. The topological polar surface area (TPSA) is 79.8 Å². The van der Waals surface area contributed by atoms with Crippen molar-refractivity contribution in [3.05, 3.63) is 53.1 Å². The van der Waals surface area contributed by atoms with Gasteiger partial charge in [-0.05, 0) is 75.1 Å². The third-order valence-electron chi connectivity index (χ3n) is 4.84. The molecule has 0 saturated heterocycles. The molecule has 0 aliphatic heterocycles. The normalized spacial score (nSPS) is 12.9. The van der Waals surface area contributed by atoms with E-state index < -0.39 is 6.10 Å². The molecule has 164 valence electrons. The predicted octanol–water partition coefficient (Wildman–Crippen LogP) is 3.76. The maximum atomic E-state index is 12.2. The third kappa shape index (κ3) is 7.69. The minimum atomic E-state index is -0.587. The van der Waals surface area contributed by atoms with E-state index in [4.69, 9.17) is 9.47 Å². The fraction of sp³-hybridized carbons (Fsp3) is 0.458. The number of rotatable bonds is 11. The van der Waals surface area contributed by atoms with E-state index in [2.05, 4.69) is 24.5 Å². The Morgan fingerprint density at radius 1 is 1.10 bits per heavy atom. The number of benzene rings is 2. The standard InChI is InChI=1S/C24H34N2O4/c1-6-19(5)25-13-21(27)14-30-24-17(3)11-20(12-18(24)4)26-23(28)15-29-22-9-7-8-16(2)10-22/h7-12,19,21,25,27H,6,13-15H2,1-5H3,(H,26,28). The molecule has 3 N–H and O–H groups in total. The molecule has 0 aromatic heterocycles. The lowest BCUT2D eigenvalue weighted by molar-refractivity contribution is -0.118. The molecule has 2 aromatic carbocycles. The summed E-state index contributed by atoms with van der Waals surface area (Å²) in [7, 11) is 0. The van der Waals surface area contributed by atoms with Gasteiger partial charge < -0.3 is 25.2 Å². The third-order valence-corrected chi connectivity index (χ3v) is 4.84. The van der Waals surface area contributed by atoms with E-state index in [1.165, 1.54) is 0 Å². The van der Waals surface area contributed by atoms with Gasteiger partial charge in [-0.2, -0.15) is 0 Å². The molecular weight excluding hydrogens is 380 g/mol. The number of ether oxygens (including phenoxy) is 2. The van der Waals surface area contributed by atoms with Gasteiger partial charge in [0.15, 0.2) is 6.61 Å². The zero-order chi connectivity index (χ0) is 22.1. The highest BCUT2D eigenvalue weighted by molar-refractivity contribution is 5.92. The van der Waals surface area contributed by atoms with Crippen molar-refractivity contribution in [3.8, 4) is 11.5 Å². The van der Waals surface area contributed by atoms with E-state index in [1.54, 1.807) is 0 Å². The lowest BCUT2D eigenvalue weighted by atomic mass is 10.1. The minimum absolute atomic E-state index is 0.0603. The lowest BCUT2D eigenvalue weighted by Crippen LogP contribution is -2.36. The summed E-state index contributed by atoms with van der Waals surface area (Å²) in [4.78, 5) is 12.2. The van der Waals surface area contributed by atoms with Gasteiger partial charge in [-0.25, -0.2) is 0 Å². The summed E-state index contributed by atoms with van der Waals surface area (Å²) in [6, 6.07) is 11.7. The van der Waals surface area contributed by atoms with Gasteiger partial charge in [0.2, 0.25) is 0 Å². The largest absolute Gasteiger partial charge is 0.490 e. The molecule has 0 saturated carbocycles. The van der Waals surface area contributed by atoms with E-state index >= 15 is 0 Å². The number of hydrogen-bond acceptors (Lipinski definition) is 5. The lowest BCUT2D eigenvalue weighted by Gasteiger charge is -2.19. The van der Waals surface area contributed by atoms with Crippen LogP contribution < -0.4 is 20.1 Å². The molecule has 0 fully saturated rings. The highest BCUT2D eigenvalue weighted by atomic mass is 16.5. The van der Waals surface area contributed by atoms with Crippen LogP contribution in [0.4, 0.5) is 5.69 Å². The van der Waals surface area contributed by atoms with Crippen LogP contribution in [0.3, 0.4) is 0 Å². The Bertz CT molecular complexity index is 815. The van der Waals surface area contributed by atoms with Gasteiger partial charge in [0.1, 0.15) is 24.2 Å². The Labute approximate surface area is 179 Å². The van der Waals surface area contributed by atoms with E-state index in [-0.39, 0.29) is 19.1 Å². The predicted molar refractivity (Wildman–Crippen MR) is 120 cm³/mol. The monoisotopic (exact) mass is 414 g/mol. The smallest absolute Gasteiger partial charge is 0.262 e. The zero-order valence-corrected chi connectivity index (χ0v) is 18.6. The van der Waals surface area contributed by atoms with Crippen LogP contribution in [0.2, 0.25) is 0 Å². The summed E-state index contributed by atoms with van der Waals surface area (Å²) < 4.78 is 11.4. The fourth-order valence-corrected chi connectivity index (χ4v) is 3.02. The summed E-state index contributed by atoms with van der Waals surface area (Å²) in [6.07, 6.45) is 0.422. The molecule has 2 atom stereocenters. The summed E-state index contributed by atoms with van der Waals surface area (Å²) in [5.74, 6) is 1.17. The van der Waals surface area contributed by atoms with Gasteiger partial charge in [-0.15, -0.1) is 0 Å². The summed E-state index contributed by atoms with van der Waals surface area (Å²) in [6.45, 7) is 10.6. The van der Waals surface area contributed by atoms with Crippen LogP contribution in [0, 0.1) is 20.8 Å². The zero-order valence-electron chi connectivity index (χ0n) is 18.6. The molecule has 2 unspecified atom stereocenters. The minimum Gasteiger partial charge on any atom is -0.490 e. The Morgan fingerprint density at radius 3 is 2.43 bits per heavy atom. The van der Waals surface area contributed by atoms with Crippen LogP contribution in [0.15, 0.2) is 36.4 Å². The molecule has 1 amide bonds. The number of aliphatic hydroxyl groups excluding tert-OH is 1. The molecule has 6 nitrogen and oxygen atoms in total. The van der Waals surface area contributed by atoms with Gasteiger partial charge in [0.25, 0.3) is 5.91 Å². The Balaban J connectivity index is 1.88. The summed E-state index contributed by atoms with van der Waals surface area (Å²) in [5.41, 5.74) is 3.56. The van der Waals surface area contributed by atoms with E-state index in [0.717, 1.165) is 28.9 Å². The maximum Gasteiger partial charge on any atom is 0.262 e. The highest BCUT2D eigenvalue weighted by Gasteiger charge is 2.12. The second-order valence-electron chi connectivity index (χ2n) is 7.77.